The first-order valence-corrected chi connectivity index (χ1v) is 9.32. The summed E-state index contributed by atoms with van der Waals surface area (Å²) in [5, 5.41) is 6.56. The van der Waals surface area contributed by atoms with E-state index in [1.54, 1.807) is 25.3 Å². The van der Waals surface area contributed by atoms with E-state index in [2.05, 4.69) is 20.6 Å². The van der Waals surface area contributed by atoms with Crippen molar-refractivity contribution >= 4 is 23.3 Å². The summed E-state index contributed by atoms with van der Waals surface area (Å²) in [4.78, 5) is 21.0. The summed E-state index contributed by atoms with van der Waals surface area (Å²) in [6.07, 6.45) is 0.866. The predicted octanol–water partition coefficient (Wildman–Crippen LogP) is 4.12. The highest BCUT2D eigenvalue weighted by molar-refractivity contribution is 5.90. The summed E-state index contributed by atoms with van der Waals surface area (Å²) in [7, 11) is 3.04. The summed E-state index contributed by atoms with van der Waals surface area (Å²) in [6.45, 7) is 1.41. The number of rotatable bonds is 9. The number of hydrogen-bond donors (Lipinski definition) is 2. The van der Waals surface area contributed by atoms with E-state index in [1.807, 2.05) is 42.5 Å². The highest BCUT2D eigenvalue weighted by Gasteiger charge is 2.09. The van der Waals surface area contributed by atoms with Gasteiger partial charge in [-0.05, 0) is 24.6 Å². The van der Waals surface area contributed by atoms with Crippen LogP contribution < -0.4 is 10.6 Å². The van der Waals surface area contributed by atoms with Crippen molar-refractivity contribution in [3.63, 3.8) is 0 Å². The second-order valence-electron chi connectivity index (χ2n) is 6.30. The maximum Gasteiger partial charge on any atom is 0.337 e. The number of hydrogen-bond acceptors (Lipinski definition) is 7. The van der Waals surface area contributed by atoms with Crippen LogP contribution in [-0.4, -0.2) is 43.3 Å². The lowest BCUT2D eigenvalue weighted by Crippen LogP contribution is -2.08. The van der Waals surface area contributed by atoms with E-state index in [1.165, 1.54) is 7.11 Å². The van der Waals surface area contributed by atoms with Gasteiger partial charge in [0.05, 0.1) is 12.7 Å². The van der Waals surface area contributed by atoms with Gasteiger partial charge < -0.3 is 20.1 Å². The summed E-state index contributed by atoms with van der Waals surface area (Å²) in [5.41, 5.74) is 2.11. The van der Waals surface area contributed by atoms with E-state index in [-0.39, 0.29) is 5.97 Å². The highest BCUT2D eigenvalue weighted by Crippen LogP contribution is 2.23. The molecule has 2 aromatic carbocycles. The van der Waals surface area contributed by atoms with Crippen molar-refractivity contribution in [3.05, 3.63) is 66.2 Å². The number of ether oxygens (including phenoxy) is 2. The predicted molar refractivity (Wildman–Crippen MR) is 114 cm³/mol. The van der Waals surface area contributed by atoms with E-state index in [9.17, 15) is 4.79 Å². The zero-order valence-corrected chi connectivity index (χ0v) is 16.5. The number of methoxy groups -OCH3 is 2. The van der Waals surface area contributed by atoms with Crippen LogP contribution in [0.3, 0.4) is 0 Å². The second kappa shape index (κ2) is 10.2. The highest BCUT2D eigenvalue weighted by atomic mass is 16.5. The average molecular weight is 392 g/mol. The van der Waals surface area contributed by atoms with E-state index in [0.717, 1.165) is 24.2 Å². The maximum absolute atomic E-state index is 11.8. The summed E-state index contributed by atoms with van der Waals surface area (Å²) >= 11 is 0. The SMILES string of the molecule is COCCCNc1cc(Nc2cccc(C(=O)OC)c2)nc(-c2ccccc2)n1. The lowest BCUT2D eigenvalue weighted by Gasteiger charge is -2.12. The van der Waals surface area contributed by atoms with Crippen molar-refractivity contribution in [3.8, 4) is 11.4 Å². The Balaban J connectivity index is 1.87. The van der Waals surface area contributed by atoms with Crippen molar-refractivity contribution in [2.45, 2.75) is 6.42 Å². The Kier molecular flexibility index (Phi) is 7.13. The third kappa shape index (κ3) is 5.76. The molecule has 3 rings (SSSR count). The average Bonchev–Trinajstić information content (AvgIpc) is 2.77. The lowest BCUT2D eigenvalue weighted by molar-refractivity contribution is 0.0601. The van der Waals surface area contributed by atoms with Crippen LogP contribution in [0.25, 0.3) is 11.4 Å². The van der Waals surface area contributed by atoms with Crippen LogP contribution in [0.15, 0.2) is 60.7 Å². The summed E-state index contributed by atoms with van der Waals surface area (Å²) in [5.74, 6) is 1.55. The minimum Gasteiger partial charge on any atom is -0.465 e. The first-order chi connectivity index (χ1) is 14.2. The van der Waals surface area contributed by atoms with Crippen LogP contribution >= 0.6 is 0 Å². The number of esters is 1. The standard InChI is InChI=1S/C22H24N4O3/c1-28-13-7-12-23-19-15-20(26-21(25-19)16-8-4-3-5-9-16)24-18-11-6-10-17(14-18)22(27)29-2/h3-6,8-11,14-15H,7,12-13H2,1-2H3,(H2,23,24,25,26). The minimum absolute atomic E-state index is 0.387. The molecular weight excluding hydrogens is 368 g/mol. The second-order valence-corrected chi connectivity index (χ2v) is 6.30. The van der Waals surface area contributed by atoms with Crippen molar-refractivity contribution in [1.29, 1.82) is 0 Å². The number of benzene rings is 2. The molecule has 29 heavy (non-hydrogen) atoms. The Hall–Kier alpha value is -3.45. The van der Waals surface area contributed by atoms with Gasteiger partial charge in [-0.3, -0.25) is 0 Å². The number of aromatic nitrogens is 2. The number of anilines is 3. The van der Waals surface area contributed by atoms with Crippen molar-refractivity contribution in [2.75, 3.05) is 38.0 Å². The molecule has 0 spiro atoms. The van der Waals surface area contributed by atoms with Gasteiger partial charge in [0, 0.05) is 37.6 Å². The molecule has 0 saturated heterocycles. The van der Waals surface area contributed by atoms with Gasteiger partial charge in [-0.15, -0.1) is 0 Å². The molecule has 7 nitrogen and oxygen atoms in total. The van der Waals surface area contributed by atoms with E-state index in [4.69, 9.17) is 9.47 Å². The molecule has 0 fully saturated rings. The third-order valence-corrected chi connectivity index (χ3v) is 4.15. The third-order valence-electron chi connectivity index (χ3n) is 4.15. The molecule has 0 aliphatic rings. The van der Waals surface area contributed by atoms with Crippen molar-refractivity contribution in [2.24, 2.45) is 0 Å². The first-order valence-electron chi connectivity index (χ1n) is 9.32. The fourth-order valence-corrected chi connectivity index (χ4v) is 2.74. The van der Waals surface area contributed by atoms with Gasteiger partial charge in [0.1, 0.15) is 11.6 Å². The minimum atomic E-state index is -0.387. The van der Waals surface area contributed by atoms with E-state index in [0.29, 0.717) is 29.6 Å². The van der Waals surface area contributed by atoms with Gasteiger partial charge >= 0.3 is 5.97 Å². The molecule has 150 valence electrons. The van der Waals surface area contributed by atoms with Crippen LogP contribution in [0.1, 0.15) is 16.8 Å². The molecule has 0 atom stereocenters. The number of carbonyl (C=O) groups excluding carboxylic acids is 1. The zero-order valence-electron chi connectivity index (χ0n) is 16.5. The van der Waals surface area contributed by atoms with Gasteiger partial charge in [-0.25, -0.2) is 14.8 Å². The molecule has 1 aromatic heterocycles. The fourth-order valence-electron chi connectivity index (χ4n) is 2.74. The maximum atomic E-state index is 11.8. The quantitative estimate of drug-likeness (QED) is 0.418. The van der Waals surface area contributed by atoms with Crippen LogP contribution in [0, 0.1) is 0 Å². The molecule has 0 aliphatic carbocycles. The summed E-state index contributed by atoms with van der Waals surface area (Å²) in [6, 6.07) is 18.7. The van der Waals surface area contributed by atoms with Gasteiger partial charge in [0.15, 0.2) is 5.82 Å². The Bertz CT molecular complexity index is 948. The van der Waals surface area contributed by atoms with Crippen LogP contribution in [0.4, 0.5) is 17.3 Å². The van der Waals surface area contributed by atoms with E-state index < -0.39 is 0 Å². The molecule has 0 amide bonds. The number of nitrogens with one attached hydrogen (secondary N) is 2. The van der Waals surface area contributed by atoms with Crippen molar-refractivity contribution < 1.29 is 14.3 Å². The molecule has 1 heterocycles. The van der Waals surface area contributed by atoms with Crippen LogP contribution in [0.5, 0.6) is 0 Å². The smallest absolute Gasteiger partial charge is 0.337 e. The Morgan fingerprint density at radius 2 is 1.76 bits per heavy atom. The molecule has 3 aromatic rings. The molecule has 2 N–H and O–H groups in total. The van der Waals surface area contributed by atoms with E-state index >= 15 is 0 Å². The Labute approximate surface area is 170 Å². The van der Waals surface area contributed by atoms with Crippen LogP contribution in [0.2, 0.25) is 0 Å². The van der Waals surface area contributed by atoms with Gasteiger partial charge in [-0.1, -0.05) is 36.4 Å². The topological polar surface area (TPSA) is 85.4 Å². The number of carbonyl (C=O) groups is 1. The largest absolute Gasteiger partial charge is 0.465 e. The van der Waals surface area contributed by atoms with Gasteiger partial charge in [0.25, 0.3) is 0 Å². The Morgan fingerprint density at radius 3 is 2.52 bits per heavy atom. The molecule has 0 saturated carbocycles. The molecule has 7 heteroatoms. The Morgan fingerprint density at radius 1 is 0.966 bits per heavy atom. The molecular formula is C22H24N4O3. The monoisotopic (exact) mass is 392 g/mol. The first kappa shape index (κ1) is 20.3. The van der Waals surface area contributed by atoms with Gasteiger partial charge in [-0.2, -0.15) is 0 Å². The number of nitrogens with zero attached hydrogens (tertiary/aromatic N) is 2. The lowest BCUT2D eigenvalue weighted by atomic mass is 10.2. The molecule has 0 bridgehead atoms. The van der Waals surface area contributed by atoms with Gasteiger partial charge in [0.2, 0.25) is 0 Å². The molecule has 0 aliphatic heterocycles. The summed E-state index contributed by atoms with van der Waals surface area (Å²) < 4.78 is 9.88. The zero-order chi connectivity index (χ0) is 20.5. The van der Waals surface area contributed by atoms with Crippen LogP contribution in [-0.2, 0) is 9.47 Å². The molecule has 0 radical (unpaired) electrons. The fraction of sp³-hybridized carbons (Fsp3) is 0.227. The normalized spacial score (nSPS) is 10.4. The molecule has 0 unspecified atom stereocenters. The van der Waals surface area contributed by atoms with Crippen molar-refractivity contribution in [1.82, 2.24) is 9.97 Å².